The van der Waals surface area contributed by atoms with Gasteiger partial charge in [0.1, 0.15) is 5.60 Å². The van der Waals surface area contributed by atoms with Gasteiger partial charge in [-0.25, -0.2) is 4.79 Å². The van der Waals surface area contributed by atoms with Crippen molar-refractivity contribution in [3.8, 4) is 0 Å². The first-order valence-corrected chi connectivity index (χ1v) is 10.8. The first-order chi connectivity index (χ1) is 13.7. The molecule has 0 aromatic carbocycles. The highest BCUT2D eigenvalue weighted by atomic mass is 127. The van der Waals surface area contributed by atoms with Crippen LogP contribution in [0.5, 0.6) is 0 Å². The molecule has 8 nitrogen and oxygen atoms in total. The summed E-state index contributed by atoms with van der Waals surface area (Å²) in [5, 5.41) is 3.33. The van der Waals surface area contributed by atoms with Crippen molar-refractivity contribution in [2.45, 2.75) is 65.9 Å². The van der Waals surface area contributed by atoms with Crippen LogP contribution < -0.4 is 5.32 Å². The molecule has 176 valence electrons. The van der Waals surface area contributed by atoms with E-state index in [0.717, 1.165) is 44.9 Å². The molecule has 0 radical (unpaired) electrons. The molecule has 9 heteroatoms. The minimum Gasteiger partial charge on any atom is -0.466 e. The molecular formula is C21H41IN4O4. The van der Waals surface area contributed by atoms with Gasteiger partial charge < -0.3 is 24.6 Å². The molecule has 0 aromatic heterocycles. The summed E-state index contributed by atoms with van der Waals surface area (Å²) in [6, 6.07) is 0. The zero-order valence-electron chi connectivity index (χ0n) is 19.5. The van der Waals surface area contributed by atoms with Crippen LogP contribution in [0.1, 0.15) is 60.3 Å². The summed E-state index contributed by atoms with van der Waals surface area (Å²) in [5.74, 6) is 1.17. The van der Waals surface area contributed by atoms with Crippen LogP contribution in [0.3, 0.4) is 0 Å². The van der Waals surface area contributed by atoms with Gasteiger partial charge in [0, 0.05) is 46.2 Å². The van der Waals surface area contributed by atoms with Crippen LogP contribution in [-0.2, 0) is 14.3 Å². The summed E-state index contributed by atoms with van der Waals surface area (Å²) < 4.78 is 10.5. The van der Waals surface area contributed by atoms with Gasteiger partial charge in [0.15, 0.2) is 5.96 Å². The summed E-state index contributed by atoms with van der Waals surface area (Å²) in [6.45, 7) is 13.8. The van der Waals surface area contributed by atoms with E-state index in [4.69, 9.17) is 9.47 Å². The van der Waals surface area contributed by atoms with Crippen molar-refractivity contribution in [3.63, 3.8) is 0 Å². The summed E-state index contributed by atoms with van der Waals surface area (Å²) in [4.78, 5) is 32.2. The number of nitrogens with one attached hydrogen (secondary N) is 1. The van der Waals surface area contributed by atoms with E-state index in [-0.39, 0.29) is 36.0 Å². The summed E-state index contributed by atoms with van der Waals surface area (Å²) in [6.07, 6.45) is 2.90. The Balaban J connectivity index is 0.00000841. The van der Waals surface area contributed by atoms with Crippen molar-refractivity contribution < 1.29 is 19.1 Å². The van der Waals surface area contributed by atoms with E-state index in [1.54, 1.807) is 11.9 Å². The van der Waals surface area contributed by atoms with Crippen LogP contribution in [0.25, 0.3) is 0 Å². The number of hydrogen-bond donors (Lipinski definition) is 1. The number of piperidine rings is 1. The van der Waals surface area contributed by atoms with E-state index in [1.165, 1.54) is 0 Å². The SMILES string of the molecule is CCOC(=O)CCCNC(=NC)N1CCC(CN(CC)C(=O)OC(C)(C)C)CC1.I. The fourth-order valence-electron chi connectivity index (χ4n) is 3.30. The van der Waals surface area contributed by atoms with Gasteiger partial charge in [-0.05, 0) is 59.8 Å². The summed E-state index contributed by atoms with van der Waals surface area (Å²) in [5.41, 5.74) is -0.473. The number of aliphatic imine (C=N–C) groups is 1. The Bertz CT molecular complexity index is 544. The van der Waals surface area contributed by atoms with Crippen molar-refractivity contribution in [2.75, 3.05) is 46.4 Å². The van der Waals surface area contributed by atoms with Gasteiger partial charge in [-0.2, -0.15) is 0 Å². The number of amides is 1. The van der Waals surface area contributed by atoms with E-state index < -0.39 is 5.60 Å². The molecular weight excluding hydrogens is 499 g/mol. The molecule has 1 aliphatic rings. The van der Waals surface area contributed by atoms with Crippen molar-refractivity contribution in [3.05, 3.63) is 0 Å². The Kier molecular flexibility index (Phi) is 14.1. The van der Waals surface area contributed by atoms with Gasteiger partial charge in [0.2, 0.25) is 0 Å². The summed E-state index contributed by atoms with van der Waals surface area (Å²) >= 11 is 0. The molecule has 0 aromatic rings. The lowest BCUT2D eigenvalue weighted by molar-refractivity contribution is -0.143. The smallest absolute Gasteiger partial charge is 0.410 e. The molecule has 0 aliphatic carbocycles. The zero-order chi connectivity index (χ0) is 21.9. The molecule has 0 atom stereocenters. The second-order valence-electron chi connectivity index (χ2n) is 8.33. The van der Waals surface area contributed by atoms with Crippen molar-refractivity contribution in [1.82, 2.24) is 15.1 Å². The normalized spacial score (nSPS) is 15.3. The molecule has 1 aliphatic heterocycles. The van der Waals surface area contributed by atoms with E-state index in [2.05, 4.69) is 15.2 Å². The Labute approximate surface area is 199 Å². The molecule has 1 amide bonds. The molecule has 1 heterocycles. The largest absolute Gasteiger partial charge is 0.466 e. The Hall–Kier alpha value is -1.26. The van der Waals surface area contributed by atoms with Crippen molar-refractivity contribution >= 4 is 42.0 Å². The minimum atomic E-state index is -0.473. The molecule has 1 N–H and O–H groups in total. The minimum absolute atomic E-state index is 0. The van der Waals surface area contributed by atoms with Crippen LogP contribution in [0.4, 0.5) is 4.79 Å². The summed E-state index contributed by atoms with van der Waals surface area (Å²) in [7, 11) is 1.78. The predicted octanol–water partition coefficient (Wildman–Crippen LogP) is 3.49. The fourth-order valence-corrected chi connectivity index (χ4v) is 3.30. The second-order valence-corrected chi connectivity index (χ2v) is 8.33. The molecule has 30 heavy (non-hydrogen) atoms. The molecule has 0 spiro atoms. The number of hydrogen-bond acceptors (Lipinski definition) is 5. The molecule has 1 fully saturated rings. The number of likely N-dealkylation sites (tertiary alicyclic amines) is 1. The predicted molar refractivity (Wildman–Crippen MR) is 130 cm³/mol. The topological polar surface area (TPSA) is 83.5 Å². The number of ether oxygens (including phenoxy) is 2. The average molecular weight is 540 g/mol. The number of esters is 1. The molecule has 1 rings (SSSR count). The highest BCUT2D eigenvalue weighted by molar-refractivity contribution is 14.0. The molecule has 0 bridgehead atoms. The van der Waals surface area contributed by atoms with Gasteiger partial charge in [0.05, 0.1) is 6.61 Å². The Morgan fingerprint density at radius 2 is 1.83 bits per heavy atom. The van der Waals surface area contributed by atoms with Gasteiger partial charge >= 0.3 is 12.1 Å². The number of halogens is 1. The van der Waals surface area contributed by atoms with E-state index in [0.29, 0.717) is 32.0 Å². The number of nitrogens with zero attached hydrogens (tertiary/aromatic N) is 3. The number of rotatable bonds is 8. The number of carbonyl (C=O) groups is 2. The fraction of sp³-hybridized carbons (Fsp3) is 0.857. The average Bonchev–Trinajstić information content (AvgIpc) is 2.65. The van der Waals surface area contributed by atoms with Crippen LogP contribution >= 0.6 is 24.0 Å². The standard InChI is InChI=1S/C21H40N4O4.HI/c1-7-24(20(27)29-21(3,4)5)16-17-11-14-25(15-12-17)19(22-6)23-13-9-10-18(26)28-8-2;/h17H,7-16H2,1-6H3,(H,22,23);1H. The third-order valence-corrected chi connectivity index (χ3v) is 4.78. The Morgan fingerprint density at radius 1 is 1.20 bits per heavy atom. The monoisotopic (exact) mass is 540 g/mol. The molecule has 0 unspecified atom stereocenters. The quantitative estimate of drug-likeness (QED) is 0.167. The number of guanidine groups is 1. The first-order valence-electron chi connectivity index (χ1n) is 10.8. The van der Waals surface area contributed by atoms with Crippen LogP contribution in [0.2, 0.25) is 0 Å². The maximum absolute atomic E-state index is 12.3. The highest BCUT2D eigenvalue weighted by Crippen LogP contribution is 2.20. The van der Waals surface area contributed by atoms with Crippen molar-refractivity contribution in [1.29, 1.82) is 0 Å². The van der Waals surface area contributed by atoms with Gasteiger partial charge in [0.25, 0.3) is 0 Å². The third kappa shape index (κ3) is 11.2. The van der Waals surface area contributed by atoms with Crippen LogP contribution in [0, 0.1) is 5.92 Å². The molecule has 1 saturated heterocycles. The van der Waals surface area contributed by atoms with Gasteiger partial charge in [-0.3, -0.25) is 9.79 Å². The second kappa shape index (κ2) is 14.7. The third-order valence-electron chi connectivity index (χ3n) is 4.78. The maximum atomic E-state index is 12.3. The lowest BCUT2D eigenvalue weighted by Crippen LogP contribution is -2.48. The Morgan fingerprint density at radius 3 is 2.33 bits per heavy atom. The maximum Gasteiger partial charge on any atom is 0.410 e. The lowest BCUT2D eigenvalue weighted by atomic mass is 9.96. The lowest BCUT2D eigenvalue weighted by Gasteiger charge is -2.36. The highest BCUT2D eigenvalue weighted by Gasteiger charge is 2.27. The van der Waals surface area contributed by atoms with Crippen LogP contribution in [-0.4, -0.2) is 79.8 Å². The van der Waals surface area contributed by atoms with Crippen LogP contribution in [0.15, 0.2) is 4.99 Å². The van der Waals surface area contributed by atoms with E-state index in [1.807, 2.05) is 34.6 Å². The molecule has 0 saturated carbocycles. The van der Waals surface area contributed by atoms with E-state index >= 15 is 0 Å². The van der Waals surface area contributed by atoms with E-state index in [9.17, 15) is 9.59 Å². The first kappa shape index (κ1) is 28.7. The van der Waals surface area contributed by atoms with Gasteiger partial charge in [-0.1, -0.05) is 0 Å². The van der Waals surface area contributed by atoms with Crippen molar-refractivity contribution in [2.24, 2.45) is 10.9 Å². The van der Waals surface area contributed by atoms with Gasteiger partial charge in [-0.15, -0.1) is 24.0 Å². The zero-order valence-corrected chi connectivity index (χ0v) is 21.9. The number of carbonyl (C=O) groups excluding carboxylic acids is 2.